The summed E-state index contributed by atoms with van der Waals surface area (Å²) in [6, 6.07) is 12.0. The second-order valence-electron chi connectivity index (χ2n) is 4.24. The zero-order valence-corrected chi connectivity index (χ0v) is 12.9. The molecular weight excluding hydrogens is 310 g/mol. The van der Waals surface area contributed by atoms with Gasteiger partial charge >= 0.3 is 0 Å². The van der Waals surface area contributed by atoms with Crippen LogP contribution < -0.4 is 0 Å². The molecule has 0 radical (unpaired) electrons. The molecule has 0 spiro atoms. The third-order valence-corrected chi connectivity index (χ3v) is 4.76. The molecule has 102 valence electrons. The van der Waals surface area contributed by atoms with Gasteiger partial charge in [-0.15, -0.1) is 16.4 Å². The first-order valence-electron chi connectivity index (χ1n) is 6.10. The van der Waals surface area contributed by atoms with Gasteiger partial charge in [0.15, 0.2) is 0 Å². The van der Waals surface area contributed by atoms with Gasteiger partial charge in [-0.3, -0.25) is 5.10 Å². The Labute approximate surface area is 130 Å². The summed E-state index contributed by atoms with van der Waals surface area (Å²) in [5.74, 6) is 1.75. The Morgan fingerprint density at radius 1 is 1.20 bits per heavy atom. The molecule has 0 atom stereocenters. The smallest absolute Gasteiger partial charge is 0.208 e. The minimum Gasteiger partial charge on any atom is -0.262 e. The minimum atomic E-state index is 0.759. The van der Waals surface area contributed by atoms with Crippen molar-refractivity contribution in [3.63, 3.8) is 0 Å². The van der Waals surface area contributed by atoms with Crippen LogP contribution >= 0.6 is 34.7 Å². The number of nitrogens with one attached hydrogen (secondary N) is 1. The molecule has 0 aliphatic heterocycles. The van der Waals surface area contributed by atoms with Crippen molar-refractivity contribution in [1.82, 2.24) is 15.2 Å². The van der Waals surface area contributed by atoms with Crippen molar-refractivity contribution in [3.8, 4) is 0 Å². The van der Waals surface area contributed by atoms with Crippen LogP contribution in [-0.4, -0.2) is 15.2 Å². The number of hydrogen-bond acceptors (Lipinski definition) is 4. The number of aromatic nitrogens is 3. The molecule has 1 N–H and O–H groups in total. The van der Waals surface area contributed by atoms with Gasteiger partial charge in [0.1, 0.15) is 5.82 Å². The number of rotatable bonds is 5. The number of aromatic amines is 1. The molecule has 0 aliphatic rings. The van der Waals surface area contributed by atoms with Crippen LogP contribution in [0.4, 0.5) is 0 Å². The van der Waals surface area contributed by atoms with Crippen molar-refractivity contribution in [2.75, 3.05) is 0 Å². The molecule has 0 aliphatic carbocycles. The zero-order chi connectivity index (χ0) is 13.8. The van der Waals surface area contributed by atoms with Gasteiger partial charge in [-0.05, 0) is 29.1 Å². The van der Waals surface area contributed by atoms with Crippen LogP contribution in [0.5, 0.6) is 0 Å². The number of benzene rings is 1. The Morgan fingerprint density at radius 2 is 2.05 bits per heavy atom. The van der Waals surface area contributed by atoms with Gasteiger partial charge in [-0.1, -0.05) is 41.6 Å². The van der Waals surface area contributed by atoms with Crippen molar-refractivity contribution < 1.29 is 0 Å². The first-order chi connectivity index (χ1) is 9.79. The Hall–Kier alpha value is -1.30. The first-order valence-corrected chi connectivity index (χ1v) is 8.35. The number of hydrogen-bond donors (Lipinski definition) is 1. The molecule has 0 bridgehead atoms. The highest BCUT2D eigenvalue weighted by molar-refractivity contribution is 7.98. The molecule has 2 heterocycles. The second-order valence-corrected chi connectivity index (χ2v) is 6.65. The fourth-order valence-electron chi connectivity index (χ4n) is 1.73. The fourth-order valence-corrected chi connectivity index (χ4v) is 3.34. The molecular formula is C14H12ClN3S2. The first kappa shape index (κ1) is 13.7. The van der Waals surface area contributed by atoms with E-state index < -0.39 is 0 Å². The summed E-state index contributed by atoms with van der Waals surface area (Å²) in [7, 11) is 0. The Bertz CT molecular complexity index is 662. The standard InChI is InChI=1S/C14H12ClN3S2/c15-11-5-3-10(4-6-11)9-20-14-16-13(17-18-14)8-12-2-1-7-19-12/h1-7H,8-9H2,(H,16,17,18). The van der Waals surface area contributed by atoms with Crippen LogP contribution in [0.1, 0.15) is 16.3 Å². The van der Waals surface area contributed by atoms with E-state index in [0.717, 1.165) is 28.2 Å². The van der Waals surface area contributed by atoms with E-state index in [1.54, 1.807) is 23.1 Å². The van der Waals surface area contributed by atoms with Crippen molar-refractivity contribution in [2.45, 2.75) is 17.3 Å². The largest absolute Gasteiger partial charge is 0.262 e. The Kier molecular flexibility index (Phi) is 4.40. The lowest BCUT2D eigenvalue weighted by molar-refractivity contribution is 0.960. The van der Waals surface area contributed by atoms with Gasteiger partial charge < -0.3 is 0 Å². The summed E-state index contributed by atoms with van der Waals surface area (Å²) in [5, 5.41) is 10.8. The molecule has 0 fully saturated rings. The molecule has 0 unspecified atom stereocenters. The maximum Gasteiger partial charge on any atom is 0.208 e. The van der Waals surface area contributed by atoms with E-state index in [2.05, 4.69) is 26.6 Å². The number of thiophene rings is 1. The van der Waals surface area contributed by atoms with Crippen molar-refractivity contribution in [2.24, 2.45) is 0 Å². The molecule has 0 saturated heterocycles. The Morgan fingerprint density at radius 3 is 2.80 bits per heavy atom. The molecule has 0 amide bonds. The monoisotopic (exact) mass is 321 g/mol. The zero-order valence-electron chi connectivity index (χ0n) is 10.5. The van der Waals surface area contributed by atoms with Gasteiger partial charge in [0, 0.05) is 22.1 Å². The molecule has 3 rings (SSSR count). The number of H-pyrrole nitrogens is 1. The van der Waals surface area contributed by atoms with E-state index >= 15 is 0 Å². The lowest BCUT2D eigenvalue weighted by atomic mass is 10.2. The van der Waals surface area contributed by atoms with Crippen LogP contribution in [0.15, 0.2) is 46.9 Å². The minimum absolute atomic E-state index is 0.759. The maximum atomic E-state index is 5.86. The number of halogens is 1. The Balaban J connectivity index is 1.58. The third kappa shape index (κ3) is 3.62. The van der Waals surface area contributed by atoms with E-state index in [4.69, 9.17) is 11.6 Å². The summed E-state index contributed by atoms with van der Waals surface area (Å²) >= 11 is 9.22. The van der Waals surface area contributed by atoms with Gasteiger partial charge in [0.25, 0.3) is 0 Å². The summed E-state index contributed by atoms with van der Waals surface area (Å²) in [5.41, 5.74) is 1.21. The highest BCUT2D eigenvalue weighted by Gasteiger charge is 2.06. The predicted molar refractivity (Wildman–Crippen MR) is 84.5 cm³/mol. The summed E-state index contributed by atoms with van der Waals surface area (Å²) < 4.78 is 0. The summed E-state index contributed by atoms with van der Waals surface area (Å²) in [6.07, 6.45) is 0.812. The van der Waals surface area contributed by atoms with E-state index in [1.165, 1.54) is 10.4 Å². The molecule has 20 heavy (non-hydrogen) atoms. The van der Waals surface area contributed by atoms with Crippen LogP contribution in [0.3, 0.4) is 0 Å². The molecule has 3 nitrogen and oxygen atoms in total. The van der Waals surface area contributed by atoms with Crippen LogP contribution in [0, 0.1) is 0 Å². The lowest BCUT2D eigenvalue weighted by Gasteiger charge is -1.98. The van der Waals surface area contributed by atoms with Crippen LogP contribution in [-0.2, 0) is 12.2 Å². The molecule has 2 aromatic heterocycles. The van der Waals surface area contributed by atoms with Gasteiger partial charge in [0.05, 0.1) is 0 Å². The molecule has 1 aromatic carbocycles. The van der Waals surface area contributed by atoms with Gasteiger partial charge in [0.2, 0.25) is 5.16 Å². The second kappa shape index (κ2) is 6.43. The normalized spacial score (nSPS) is 10.8. The van der Waals surface area contributed by atoms with E-state index in [-0.39, 0.29) is 0 Å². The van der Waals surface area contributed by atoms with E-state index in [1.807, 2.05) is 30.3 Å². The van der Waals surface area contributed by atoms with Gasteiger partial charge in [-0.2, -0.15) is 0 Å². The number of nitrogens with zero attached hydrogens (tertiary/aromatic N) is 2. The van der Waals surface area contributed by atoms with E-state index in [0.29, 0.717) is 0 Å². The third-order valence-electron chi connectivity index (χ3n) is 2.71. The van der Waals surface area contributed by atoms with Crippen LogP contribution in [0.2, 0.25) is 5.02 Å². The van der Waals surface area contributed by atoms with E-state index in [9.17, 15) is 0 Å². The average Bonchev–Trinajstić information content (AvgIpc) is 3.11. The predicted octanol–water partition coefficient (Wildman–Crippen LogP) is 4.40. The van der Waals surface area contributed by atoms with Crippen LogP contribution in [0.25, 0.3) is 0 Å². The topological polar surface area (TPSA) is 41.6 Å². The van der Waals surface area contributed by atoms with Gasteiger partial charge in [-0.25, -0.2) is 4.98 Å². The molecule has 6 heteroatoms. The summed E-state index contributed by atoms with van der Waals surface area (Å²) in [6.45, 7) is 0. The summed E-state index contributed by atoms with van der Waals surface area (Å²) in [4.78, 5) is 5.78. The maximum absolute atomic E-state index is 5.86. The van der Waals surface area contributed by atoms with Crippen molar-refractivity contribution in [3.05, 3.63) is 63.1 Å². The van der Waals surface area contributed by atoms with Crippen molar-refractivity contribution in [1.29, 1.82) is 0 Å². The average molecular weight is 322 g/mol. The SMILES string of the molecule is Clc1ccc(CSc2n[nH]c(Cc3cccs3)n2)cc1. The molecule has 0 saturated carbocycles. The highest BCUT2D eigenvalue weighted by atomic mass is 35.5. The fraction of sp³-hybridized carbons (Fsp3) is 0.143. The molecule has 3 aromatic rings. The highest BCUT2D eigenvalue weighted by Crippen LogP contribution is 2.21. The lowest BCUT2D eigenvalue weighted by Crippen LogP contribution is -1.87. The quantitative estimate of drug-likeness (QED) is 0.708. The van der Waals surface area contributed by atoms with Crippen molar-refractivity contribution >= 4 is 34.7 Å². The number of thioether (sulfide) groups is 1.